The predicted octanol–water partition coefficient (Wildman–Crippen LogP) is 1.15. The van der Waals surface area contributed by atoms with Crippen molar-refractivity contribution in [1.29, 1.82) is 0 Å². The first-order valence-corrected chi connectivity index (χ1v) is 5.30. The van der Waals surface area contributed by atoms with E-state index in [9.17, 15) is 4.79 Å². The number of carbonyl (C=O) groups excluding carboxylic acids is 1. The Hall–Kier alpha value is -1.89. The van der Waals surface area contributed by atoms with Crippen LogP contribution in [0.3, 0.4) is 0 Å². The molecule has 0 amide bonds. The molecule has 0 aliphatic heterocycles. The van der Waals surface area contributed by atoms with E-state index in [4.69, 9.17) is 10.5 Å². The highest BCUT2D eigenvalue weighted by Gasteiger charge is 2.19. The van der Waals surface area contributed by atoms with Crippen LogP contribution in [0.2, 0.25) is 0 Å². The van der Waals surface area contributed by atoms with Crippen LogP contribution in [0, 0.1) is 0 Å². The van der Waals surface area contributed by atoms with Crippen molar-refractivity contribution in [1.82, 2.24) is 4.98 Å². The Balaban J connectivity index is 2.95. The molecule has 16 heavy (non-hydrogen) atoms. The van der Waals surface area contributed by atoms with E-state index in [0.717, 1.165) is 6.26 Å². The number of anilines is 1. The number of ether oxygens (including phenoxy) is 1. The molecule has 6 nitrogen and oxygen atoms in total. The topological polar surface area (TPSA) is 86.8 Å². The van der Waals surface area contributed by atoms with Crippen LogP contribution in [0.15, 0.2) is 23.4 Å². The van der Waals surface area contributed by atoms with Gasteiger partial charge in [0.1, 0.15) is 12.0 Å². The number of thiazole rings is 1. The molecule has 7 heteroatoms. The van der Waals surface area contributed by atoms with Gasteiger partial charge in [0.05, 0.1) is 6.61 Å². The third-order valence-corrected chi connectivity index (χ3v) is 2.13. The highest BCUT2D eigenvalue weighted by Crippen LogP contribution is 2.13. The molecule has 1 aromatic heterocycles. The molecule has 0 radical (unpaired) electrons. The Morgan fingerprint density at radius 2 is 2.56 bits per heavy atom. The van der Waals surface area contributed by atoms with Gasteiger partial charge in [-0.1, -0.05) is 11.7 Å². The second-order valence-electron chi connectivity index (χ2n) is 2.50. The number of carbonyl (C=O) groups is 1. The smallest absolute Gasteiger partial charge is 0.362 e. The van der Waals surface area contributed by atoms with E-state index < -0.39 is 5.97 Å². The lowest BCUT2D eigenvalue weighted by Crippen LogP contribution is -2.19. The highest BCUT2D eigenvalue weighted by atomic mass is 32.1. The Bertz CT molecular complexity index is 414. The number of nitrogen functional groups attached to an aromatic ring is 1. The van der Waals surface area contributed by atoms with Gasteiger partial charge in [-0.3, -0.25) is 0 Å². The fourth-order valence-electron chi connectivity index (χ4n) is 0.874. The maximum Gasteiger partial charge on any atom is 0.362 e. The van der Waals surface area contributed by atoms with E-state index in [0.29, 0.717) is 10.8 Å². The molecule has 0 bridgehead atoms. The third kappa shape index (κ3) is 3.06. The first kappa shape index (κ1) is 12.2. The van der Waals surface area contributed by atoms with Gasteiger partial charge in [-0.25, -0.2) is 9.78 Å². The molecule has 0 aromatic carbocycles. The molecule has 86 valence electrons. The van der Waals surface area contributed by atoms with Crippen molar-refractivity contribution >= 4 is 28.1 Å². The summed E-state index contributed by atoms with van der Waals surface area (Å²) in [6.07, 6.45) is 1.09. The zero-order chi connectivity index (χ0) is 12.0. The maximum absolute atomic E-state index is 11.5. The molecule has 0 fully saturated rings. The second kappa shape index (κ2) is 5.86. The first-order valence-electron chi connectivity index (χ1n) is 4.42. The van der Waals surface area contributed by atoms with Crippen molar-refractivity contribution in [2.45, 2.75) is 6.92 Å². The second-order valence-corrected chi connectivity index (χ2v) is 3.39. The summed E-state index contributed by atoms with van der Waals surface area (Å²) >= 11 is 1.20. The number of nitrogens with two attached hydrogens (primary N) is 1. The largest absolute Gasteiger partial charge is 0.461 e. The van der Waals surface area contributed by atoms with Crippen LogP contribution in [0.25, 0.3) is 0 Å². The average molecular weight is 241 g/mol. The van der Waals surface area contributed by atoms with Gasteiger partial charge in [-0.05, 0) is 6.92 Å². The van der Waals surface area contributed by atoms with Crippen molar-refractivity contribution in [3.8, 4) is 0 Å². The molecule has 0 aliphatic rings. The standard InChI is InChI=1S/C9H11N3O3S/c1-3-14-8(13)7(12-15-4-2)6-5-16-9(10)11-6/h4-5H,2-3H2,1H3,(H2,10,11)/b12-7-. The van der Waals surface area contributed by atoms with Gasteiger partial charge < -0.3 is 15.3 Å². The Labute approximate surface area is 96.4 Å². The van der Waals surface area contributed by atoms with Crippen LogP contribution in [0.4, 0.5) is 5.13 Å². The maximum atomic E-state index is 11.5. The minimum Gasteiger partial charge on any atom is -0.461 e. The zero-order valence-corrected chi connectivity index (χ0v) is 9.49. The van der Waals surface area contributed by atoms with Crippen molar-refractivity contribution in [2.75, 3.05) is 12.3 Å². The Morgan fingerprint density at radius 3 is 3.06 bits per heavy atom. The third-order valence-electron chi connectivity index (χ3n) is 1.45. The SMILES string of the molecule is C=CO/N=C(\C(=O)OCC)c1csc(N)n1. The van der Waals surface area contributed by atoms with Crippen molar-refractivity contribution in [3.05, 3.63) is 23.9 Å². The molecule has 1 rings (SSSR count). The minimum atomic E-state index is -0.616. The van der Waals surface area contributed by atoms with E-state index in [1.54, 1.807) is 12.3 Å². The first-order chi connectivity index (χ1) is 7.69. The molecule has 0 aliphatic carbocycles. The van der Waals surface area contributed by atoms with E-state index >= 15 is 0 Å². The summed E-state index contributed by atoms with van der Waals surface area (Å²) in [7, 11) is 0. The lowest BCUT2D eigenvalue weighted by atomic mass is 10.3. The Morgan fingerprint density at radius 1 is 1.81 bits per heavy atom. The summed E-state index contributed by atoms with van der Waals surface area (Å²) in [5, 5.41) is 5.49. The minimum absolute atomic E-state index is 0.0327. The van der Waals surface area contributed by atoms with E-state index in [1.165, 1.54) is 11.3 Å². The molecule has 0 unspecified atom stereocenters. The van der Waals surface area contributed by atoms with Gasteiger partial charge in [0.25, 0.3) is 0 Å². The number of oxime groups is 1. The van der Waals surface area contributed by atoms with Gasteiger partial charge in [0, 0.05) is 5.38 Å². The predicted molar refractivity (Wildman–Crippen MR) is 61.0 cm³/mol. The van der Waals surface area contributed by atoms with Crippen molar-refractivity contribution < 1.29 is 14.4 Å². The normalized spacial score (nSPS) is 10.9. The molecule has 2 N–H and O–H groups in total. The van der Waals surface area contributed by atoms with Crippen molar-refractivity contribution in [3.63, 3.8) is 0 Å². The van der Waals surface area contributed by atoms with Crippen LogP contribution >= 0.6 is 11.3 Å². The number of rotatable bonds is 5. The molecular formula is C9H11N3O3S. The zero-order valence-electron chi connectivity index (χ0n) is 8.67. The molecule has 1 heterocycles. The molecule has 0 spiro atoms. The summed E-state index contributed by atoms with van der Waals surface area (Å²) in [6.45, 7) is 5.25. The summed E-state index contributed by atoms with van der Waals surface area (Å²) in [5.41, 5.74) is 5.75. The lowest BCUT2D eigenvalue weighted by Gasteiger charge is -2.01. The average Bonchev–Trinajstić information content (AvgIpc) is 2.66. The molecule has 1 aromatic rings. The summed E-state index contributed by atoms with van der Waals surface area (Å²) < 4.78 is 4.80. The van der Waals surface area contributed by atoms with E-state index in [1.807, 2.05) is 0 Å². The summed E-state index contributed by atoms with van der Waals surface area (Å²) in [6, 6.07) is 0. The van der Waals surface area contributed by atoms with Gasteiger partial charge in [-0.2, -0.15) is 0 Å². The van der Waals surface area contributed by atoms with Gasteiger partial charge in [-0.15, -0.1) is 11.3 Å². The molecule has 0 atom stereocenters. The number of esters is 1. The number of hydrogen-bond donors (Lipinski definition) is 1. The van der Waals surface area contributed by atoms with E-state index in [2.05, 4.69) is 21.6 Å². The van der Waals surface area contributed by atoms with Crippen LogP contribution in [-0.4, -0.2) is 23.3 Å². The van der Waals surface area contributed by atoms with Gasteiger partial charge >= 0.3 is 5.97 Å². The summed E-state index contributed by atoms with van der Waals surface area (Å²) in [4.78, 5) is 20.0. The molecular weight excluding hydrogens is 230 g/mol. The van der Waals surface area contributed by atoms with Crippen molar-refractivity contribution in [2.24, 2.45) is 5.16 Å². The Kier molecular flexibility index (Phi) is 4.46. The fraction of sp³-hybridized carbons (Fsp3) is 0.222. The van der Waals surface area contributed by atoms with Crippen LogP contribution in [0.1, 0.15) is 12.6 Å². The van der Waals surface area contributed by atoms with Gasteiger partial charge in [0.15, 0.2) is 5.13 Å². The fourth-order valence-corrected chi connectivity index (χ4v) is 1.42. The monoisotopic (exact) mass is 241 g/mol. The van der Waals surface area contributed by atoms with Crippen LogP contribution < -0.4 is 5.73 Å². The van der Waals surface area contributed by atoms with Crippen LogP contribution in [0.5, 0.6) is 0 Å². The molecule has 0 saturated heterocycles. The van der Waals surface area contributed by atoms with Gasteiger partial charge in [0.2, 0.25) is 5.71 Å². The summed E-state index contributed by atoms with van der Waals surface area (Å²) in [5.74, 6) is -0.616. The molecule has 0 saturated carbocycles. The number of hydrogen-bond acceptors (Lipinski definition) is 7. The van der Waals surface area contributed by atoms with E-state index in [-0.39, 0.29) is 12.3 Å². The quantitative estimate of drug-likeness (QED) is 0.361. The highest BCUT2D eigenvalue weighted by molar-refractivity contribution is 7.13. The number of aromatic nitrogens is 1. The van der Waals surface area contributed by atoms with Crippen LogP contribution in [-0.2, 0) is 14.4 Å². The lowest BCUT2D eigenvalue weighted by molar-refractivity contribution is -0.135. The number of nitrogens with zero attached hydrogens (tertiary/aromatic N) is 2.